The van der Waals surface area contributed by atoms with E-state index in [0.717, 1.165) is 16.6 Å². The summed E-state index contributed by atoms with van der Waals surface area (Å²) in [5.74, 6) is 0. The summed E-state index contributed by atoms with van der Waals surface area (Å²) >= 11 is 0. The number of anilines is 3. The molecule has 57 heavy (non-hydrogen) atoms. The summed E-state index contributed by atoms with van der Waals surface area (Å²) in [4.78, 5) is 7.56. The average molecular weight is 912 g/mol. The van der Waals surface area contributed by atoms with Crippen LogP contribution in [0.15, 0.2) is 152 Å². The number of pyridine rings is 1. The minimum atomic E-state index is -0.280. The first-order valence-corrected chi connectivity index (χ1v) is 19.9. The molecule has 1 radical (unpaired) electrons. The van der Waals surface area contributed by atoms with Crippen LogP contribution in [-0.4, -0.2) is 4.98 Å². The van der Waals surface area contributed by atoms with Gasteiger partial charge in [-0.2, -0.15) is 0 Å². The molecule has 0 atom stereocenters. The molecule has 0 saturated carbocycles. The predicted molar refractivity (Wildman–Crippen MR) is 233 cm³/mol. The van der Waals surface area contributed by atoms with Gasteiger partial charge in [0.1, 0.15) is 0 Å². The second kappa shape index (κ2) is 12.4. The van der Waals surface area contributed by atoms with E-state index in [0.29, 0.717) is 0 Å². The van der Waals surface area contributed by atoms with Gasteiger partial charge in [0, 0.05) is 42.5 Å². The Balaban J connectivity index is 0.00000396. The van der Waals surface area contributed by atoms with Crippen LogP contribution < -0.4 is 4.90 Å². The van der Waals surface area contributed by atoms with Crippen LogP contribution in [0.3, 0.4) is 0 Å². The Bertz CT molecular complexity index is 2800. The molecule has 0 aliphatic carbocycles. The van der Waals surface area contributed by atoms with Gasteiger partial charge in [-0.3, -0.25) is 0 Å². The minimum absolute atomic E-state index is 0. The molecule has 3 aliphatic heterocycles. The third-order valence-electron chi connectivity index (χ3n) is 13.3. The van der Waals surface area contributed by atoms with E-state index in [-0.39, 0.29) is 36.4 Å². The number of hydrogen-bond acceptors (Lipinski definition) is 2. The van der Waals surface area contributed by atoms with Gasteiger partial charge in [0.15, 0.2) is 0 Å². The SMILES string of the molecule is CC1(C)c2cc(-c3ccccc3)cc3c2N2c4c1cc(-c1ccccc1)cc4C(C)(C)c1cc(-c4cc[c-]c(-c5nccc6ccccc56)c4)cc(c12)C3(C)C.[Ir]. The van der Waals surface area contributed by atoms with Crippen LogP contribution in [0.4, 0.5) is 17.1 Å². The van der Waals surface area contributed by atoms with E-state index in [1.807, 2.05) is 6.20 Å². The van der Waals surface area contributed by atoms with Gasteiger partial charge in [-0.1, -0.05) is 126 Å². The quantitative estimate of drug-likeness (QED) is 0.164. The molecule has 1 aromatic heterocycles. The molecule has 11 rings (SSSR count). The van der Waals surface area contributed by atoms with Crippen LogP contribution in [0.5, 0.6) is 0 Å². The summed E-state index contributed by atoms with van der Waals surface area (Å²) in [5, 5.41) is 2.33. The number of hydrogen-bond donors (Lipinski definition) is 0. The van der Waals surface area contributed by atoms with E-state index in [4.69, 9.17) is 4.98 Å². The van der Waals surface area contributed by atoms with Crippen LogP contribution in [0.2, 0.25) is 0 Å². The van der Waals surface area contributed by atoms with Gasteiger partial charge in [0.05, 0.1) is 17.1 Å². The van der Waals surface area contributed by atoms with E-state index in [1.165, 1.54) is 89.2 Å². The smallest absolute Gasteiger partial charge is 0.0544 e. The largest absolute Gasteiger partial charge is 0.309 e. The molecule has 2 nitrogen and oxygen atoms in total. The van der Waals surface area contributed by atoms with Crippen molar-refractivity contribution >= 4 is 27.8 Å². The maximum Gasteiger partial charge on any atom is 0.0544 e. The van der Waals surface area contributed by atoms with Gasteiger partial charge in [-0.05, 0) is 120 Å². The molecule has 8 aromatic rings. The monoisotopic (exact) mass is 912 g/mol. The van der Waals surface area contributed by atoms with Gasteiger partial charge in [0.25, 0.3) is 0 Å². The van der Waals surface area contributed by atoms with E-state index in [2.05, 4.69) is 198 Å². The van der Waals surface area contributed by atoms with E-state index < -0.39 is 0 Å². The zero-order valence-corrected chi connectivity index (χ0v) is 35.6. The first-order chi connectivity index (χ1) is 27.0. The molecule has 0 bridgehead atoms. The first-order valence-electron chi connectivity index (χ1n) is 19.9. The number of nitrogens with zero attached hydrogens (tertiary/aromatic N) is 2. The fourth-order valence-electron chi connectivity index (χ4n) is 10.1. The normalized spacial score (nSPS) is 15.8. The van der Waals surface area contributed by atoms with Gasteiger partial charge < -0.3 is 9.88 Å². The standard InChI is InChI=1S/C54H43N2.Ir/c1-52(2)42-27-38(33-16-9-7-10-17-33)29-44-49(42)56-50-43(52)28-39(34-18-11-8-12-19-34)30-45(50)54(5,6)47-32-40(31-46(51(47)56)53(44,3)4)36-21-15-22-37(26-36)48-41-23-14-13-20-35(41)24-25-55-48;/h7-21,23-32H,1-6H3;/q-1;. The third-order valence-corrected chi connectivity index (χ3v) is 13.3. The Labute approximate surface area is 349 Å². The van der Waals surface area contributed by atoms with Gasteiger partial charge in [-0.25, -0.2) is 0 Å². The van der Waals surface area contributed by atoms with E-state index >= 15 is 0 Å². The van der Waals surface area contributed by atoms with E-state index in [1.54, 1.807) is 0 Å². The Morgan fingerprint density at radius 2 is 0.860 bits per heavy atom. The number of benzene rings is 7. The van der Waals surface area contributed by atoms with Crippen molar-refractivity contribution in [2.75, 3.05) is 4.90 Å². The van der Waals surface area contributed by atoms with Crippen molar-refractivity contribution in [3.8, 4) is 44.6 Å². The van der Waals surface area contributed by atoms with Crippen LogP contribution in [-0.2, 0) is 36.4 Å². The van der Waals surface area contributed by atoms with Crippen LogP contribution >= 0.6 is 0 Å². The Morgan fingerprint density at radius 1 is 0.439 bits per heavy atom. The summed E-state index contributed by atoms with van der Waals surface area (Å²) in [6, 6.07) is 57.5. The summed E-state index contributed by atoms with van der Waals surface area (Å²) in [7, 11) is 0. The fraction of sp³-hybridized carbons (Fsp3) is 0.167. The van der Waals surface area contributed by atoms with Crippen LogP contribution in [0.25, 0.3) is 55.4 Å². The summed E-state index contributed by atoms with van der Waals surface area (Å²) < 4.78 is 0. The van der Waals surface area contributed by atoms with Crippen molar-refractivity contribution in [1.82, 2.24) is 4.98 Å². The van der Waals surface area contributed by atoms with Crippen LogP contribution in [0, 0.1) is 6.07 Å². The fourth-order valence-corrected chi connectivity index (χ4v) is 10.1. The van der Waals surface area contributed by atoms with Crippen molar-refractivity contribution in [3.05, 3.63) is 191 Å². The molecule has 0 fully saturated rings. The predicted octanol–water partition coefficient (Wildman–Crippen LogP) is 14.1. The molecule has 279 valence electrons. The zero-order valence-electron chi connectivity index (χ0n) is 33.2. The summed E-state index contributed by atoms with van der Waals surface area (Å²) in [6.07, 6.45) is 1.91. The second-order valence-corrected chi connectivity index (χ2v) is 17.6. The second-order valence-electron chi connectivity index (χ2n) is 17.6. The third kappa shape index (κ3) is 5.02. The van der Waals surface area contributed by atoms with E-state index in [9.17, 15) is 0 Å². The molecule has 3 heteroatoms. The average Bonchev–Trinajstić information content (AvgIpc) is 3.23. The van der Waals surface area contributed by atoms with Crippen molar-refractivity contribution < 1.29 is 20.1 Å². The molecule has 0 unspecified atom stereocenters. The molecule has 0 N–H and O–H groups in total. The molecule has 3 aliphatic rings. The number of aromatic nitrogens is 1. The van der Waals surface area contributed by atoms with Gasteiger partial charge in [-0.15, -0.1) is 35.4 Å². The maximum absolute atomic E-state index is 4.88. The first kappa shape index (κ1) is 35.8. The zero-order chi connectivity index (χ0) is 38.1. The van der Waals surface area contributed by atoms with Crippen molar-refractivity contribution in [3.63, 3.8) is 0 Å². The van der Waals surface area contributed by atoms with Gasteiger partial charge >= 0.3 is 0 Å². The number of rotatable bonds is 4. The molecular formula is C54H43IrN2-. The molecular weight excluding hydrogens is 869 g/mol. The molecule has 4 heterocycles. The van der Waals surface area contributed by atoms with Gasteiger partial charge in [0.2, 0.25) is 0 Å². The Hall–Kier alpha value is -5.60. The van der Waals surface area contributed by atoms with Crippen molar-refractivity contribution in [2.24, 2.45) is 0 Å². The minimum Gasteiger partial charge on any atom is -0.309 e. The summed E-state index contributed by atoms with van der Waals surface area (Å²) in [6.45, 7) is 14.7. The maximum atomic E-state index is 4.88. The Morgan fingerprint density at radius 3 is 1.33 bits per heavy atom. The Kier molecular flexibility index (Phi) is 7.82. The molecule has 0 amide bonds. The molecule has 0 saturated heterocycles. The number of fused-ring (bicyclic) bond motifs is 1. The molecule has 0 spiro atoms. The van der Waals surface area contributed by atoms with Crippen molar-refractivity contribution in [1.29, 1.82) is 0 Å². The topological polar surface area (TPSA) is 16.1 Å². The van der Waals surface area contributed by atoms with Crippen LogP contribution in [0.1, 0.15) is 74.9 Å². The summed E-state index contributed by atoms with van der Waals surface area (Å²) in [5.41, 5.74) is 20.9. The van der Waals surface area contributed by atoms with Crippen molar-refractivity contribution in [2.45, 2.75) is 57.8 Å². The molecule has 7 aromatic carbocycles.